The van der Waals surface area contributed by atoms with Crippen molar-refractivity contribution in [2.24, 2.45) is 0 Å². The van der Waals surface area contributed by atoms with Crippen LogP contribution in [0.1, 0.15) is 18.6 Å². The molecule has 1 saturated heterocycles. The minimum absolute atomic E-state index is 0.0186. The first-order valence-electron chi connectivity index (χ1n) is 4.64. The number of carbonyl (C=O) groups excluding carboxylic acids is 1. The Labute approximate surface area is 87.6 Å². The summed E-state index contributed by atoms with van der Waals surface area (Å²) in [6, 6.07) is 9.88. The molecule has 2 atom stereocenters. The summed E-state index contributed by atoms with van der Waals surface area (Å²) in [6.07, 6.45) is -0.0649. The van der Waals surface area contributed by atoms with Crippen LogP contribution < -0.4 is 0 Å². The van der Waals surface area contributed by atoms with Crippen molar-refractivity contribution in [1.82, 2.24) is 0 Å². The zero-order valence-electron chi connectivity index (χ0n) is 7.97. The minimum atomic E-state index is -0.102. The van der Waals surface area contributed by atoms with Crippen LogP contribution in [0.2, 0.25) is 0 Å². The van der Waals surface area contributed by atoms with Crippen LogP contribution in [0.3, 0.4) is 0 Å². The zero-order valence-corrected chi connectivity index (χ0v) is 8.79. The third-order valence-electron chi connectivity index (χ3n) is 2.26. The number of carbonyl (C=O) groups is 1. The topological polar surface area (TPSA) is 26.3 Å². The van der Waals surface area contributed by atoms with Crippen LogP contribution in [0.5, 0.6) is 0 Å². The monoisotopic (exact) mass is 208 g/mol. The summed E-state index contributed by atoms with van der Waals surface area (Å²) in [7, 11) is 0. The van der Waals surface area contributed by atoms with Gasteiger partial charge < -0.3 is 4.74 Å². The lowest BCUT2D eigenvalue weighted by molar-refractivity contribution is -0.148. The molecule has 3 heteroatoms. The molecule has 2 rings (SSSR count). The molecule has 0 aromatic heterocycles. The van der Waals surface area contributed by atoms with E-state index < -0.39 is 0 Å². The average Bonchev–Trinajstić information content (AvgIpc) is 2.23. The summed E-state index contributed by atoms with van der Waals surface area (Å²) in [5, 5.41) is -0.0186. The summed E-state index contributed by atoms with van der Waals surface area (Å²) in [6.45, 7) is 1.88. The lowest BCUT2D eigenvalue weighted by Gasteiger charge is -2.25. The highest BCUT2D eigenvalue weighted by molar-refractivity contribution is 8.00. The van der Waals surface area contributed by atoms with E-state index in [-0.39, 0.29) is 17.3 Å². The summed E-state index contributed by atoms with van der Waals surface area (Å²) < 4.78 is 5.32. The van der Waals surface area contributed by atoms with E-state index in [1.807, 2.05) is 37.3 Å². The molecular weight excluding hydrogens is 196 g/mol. The van der Waals surface area contributed by atoms with Gasteiger partial charge in [0, 0.05) is 5.75 Å². The van der Waals surface area contributed by atoms with E-state index in [1.165, 1.54) is 0 Å². The molecule has 0 aliphatic carbocycles. The molecule has 0 unspecified atom stereocenters. The minimum Gasteiger partial charge on any atom is -0.456 e. The van der Waals surface area contributed by atoms with Gasteiger partial charge in [-0.25, -0.2) is 0 Å². The molecule has 0 bridgehead atoms. The van der Waals surface area contributed by atoms with Crippen molar-refractivity contribution in [3.8, 4) is 0 Å². The second-order valence-electron chi connectivity index (χ2n) is 3.31. The number of cyclic esters (lactones) is 1. The molecule has 1 aromatic carbocycles. The number of thioether (sulfide) groups is 1. The molecule has 14 heavy (non-hydrogen) atoms. The van der Waals surface area contributed by atoms with Crippen LogP contribution in [-0.4, -0.2) is 17.0 Å². The fourth-order valence-electron chi connectivity index (χ4n) is 1.40. The maximum Gasteiger partial charge on any atom is 0.319 e. The Kier molecular flexibility index (Phi) is 2.77. The fourth-order valence-corrected chi connectivity index (χ4v) is 2.32. The van der Waals surface area contributed by atoms with Crippen LogP contribution in [0.25, 0.3) is 0 Å². The smallest absolute Gasteiger partial charge is 0.319 e. The van der Waals surface area contributed by atoms with Gasteiger partial charge in [0.15, 0.2) is 0 Å². The standard InChI is InChI=1S/C11H12O2S/c1-8-11(12)13-10(7-14-8)9-5-3-2-4-6-9/h2-6,8,10H,7H2,1H3/t8-,10+/m1/s1. The van der Waals surface area contributed by atoms with E-state index >= 15 is 0 Å². The van der Waals surface area contributed by atoms with Crippen LogP contribution >= 0.6 is 11.8 Å². The van der Waals surface area contributed by atoms with Crippen molar-refractivity contribution in [2.45, 2.75) is 18.3 Å². The Balaban J connectivity index is 2.11. The Hall–Kier alpha value is -0.960. The number of rotatable bonds is 1. The summed E-state index contributed by atoms with van der Waals surface area (Å²) >= 11 is 1.65. The lowest BCUT2D eigenvalue weighted by Crippen LogP contribution is -2.27. The van der Waals surface area contributed by atoms with E-state index in [2.05, 4.69) is 0 Å². The fraction of sp³-hybridized carbons (Fsp3) is 0.364. The Morgan fingerprint density at radius 1 is 1.36 bits per heavy atom. The van der Waals surface area contributed by atoms with Gasteiger partial charge >= 0.3 is 5.97 Å². The predicted molar refractivity (Wildman–Crippen MR) is 57.2 cm³/mol. The molecule has 0 saturated carbocycles. The van der Waals surface area contributed by atoms with Gasteiger partial charge in [-0.15, -0.1) is 11.8 Å². The first-order chi connectivity index (χ1) is 6.77. The van der Waals surface area contributed by atoms with Gasteiger partial charge in [-0.2, -0.15) is 0 Å². The van der Waals surface area contributed by atoms with Gasteiger partial charge in [-0.1, -0.05) is 30.3 Å². The highest BCUT2D eigenvalue weighted by Gasteiger charge is 2.27. The molecule has 1 fully saturated rings. The highest BCUT2D eigenvalue weighted by atomic mass is 32.2. The van der Waals surface area contributed by atoms with Crippen LogP contribution in [0, 0.1) is 0 Å². The van der Waals surface area contributed by atoms with E-state index in [4.69, 9.17) is 4.74 Å². The van der Waals surface area contributed by atoms with Gasteiger partial charge in [0.25, 0.3) is 0 Å². The maximum absolute atomic E-state index is 11.3. The quantitative estimate of drug-likeness (QED) is 0.663. The van der Waals surface area contributed by atoms with E-state index in [9.17, 15) is 4.79 Å². The van der Waals surface area contributed by atoms with Gasteiger partial charge in [-0.05, 0) is 12.5 Å². The van der Waals surface area contributed by atoms with Gasteiger partial charge in [0.1, 0.15) is 6.10 Å². The number of hydrogen-bond donors (Lipinski definition) is 0. The molecule has 1 aromatic rings. The molecule has 0 amide bonds. The van der Waals surface area contributed by atoms with Crippen molar-refractivity contribution in [2.75, 3.05) is 5.75 Å². The normalized spacial score (nSPS) is 27.1. The molecule has 1 heterocycles. The van der Waals surface area contributed by atoms with E-state index in [0.29, 0.717) is 0 Å². The van der Waals surface area contributed by atoms with Gasteiger partial charge in [0.05, 0.1) is 5.25 Å². The molecule has 0 N–H and O–H groups in total. The van der Waals surface area contributed by atoms with Crippen LogP contribution in [-0.2, 0) is 9.53 Å². The number of benzene rings is 1. The molecule has 0 spiro atoms. The van der Waals surface area contributed by atoms with Crippen molar-refractivity contribution in [1.29, 1.82) is 0 Å². The van der Waals surface area contributed by atoms with Gasteiger partial charge in [-0.3, -0.25) is 4.79 Å². The van der Waals surface area contributed by atoms with Crippen LogP contribution in [0.15, 0.2) is 30.3 Å². The summed E-state index contributed by atoms with van der Waals surface area (Å²) in [5.74, 6) is 0.756. The van der Waals surface area contributed by atoms with Crippen molar-refractivity contribution >= 4 is 17.7 Å². The second-order valence-corrected chi connectivity index (χ2v) is 4.69. The number of hydrogen-bond acceptors (Lipinski definition) is 3. The molecule has 1 aliphatic rings. The highest BCUT2D eigenvalue weighted by Crippen LogP contribution is 2.30. The van der Waals surface area contributed by atoms with E-state index in [1.54, 1.807) is 11.8 Å². The first-order valence-corrected chi connectivity index (χ1v) is 5.69. The second kappa shape index (κ2) is 4.05. The average molecular weight is 208 g/mol. The molecule has 1 aliphatic heterocycles. The first kappa shape index (κ1) is 9.59. The summed E-state index contributed by atoms with van der Waals surface area (Å²) in [4.78, 5) is 11.3. The largest absolute Gasteiger partial charge is 0.456 e. The Morgan fingerprint density at radius 3 is 2.71 bits per heavy atom. The third kappa shape index (κ3) is 1.93. The SMILES string of the molecule is C[C@H]1SC[C@@H](c2ccccc2)OC1=O. The van der Waals surface area contributed by atoms with E-state index in [0.717, 1.165) is 11.3 Å². The molecule has 74 valence electrons. The maximum atomic E-state index is 11.3. The summed E-state index contributed by atoms with van der Waals surface area (Å²) in [5.41, 5.74) is 1.08. The molecular formula is C11H12O2S. The Morgan fingerprint density at radius 2 is 2.07 bits per heavy atom. The number of esters is 1. The molecule has 2 nitrogen and oxygen atoms in total. The van der Waals surface area contributed by atoms with Crippen molar-refractivity contribution < 1.29 is 9.53 Å². The molecule has 0 radical (unpaired) electrons. The predicted octanol–water partition coefficient (Wildman–Crippen LogP) is 2.41. The van der Waals surface area contributed by atoms with Crippen molar-refractivity contribution in [3.05, 3.63) is 35.9 Å². The lowest BCUT2D eigenvalue weighted by atomic mass is 10.1. The Bertz CT molecular complexity index is 323. The van der Waals surface area contributed by atoms with Crippen molar-refractivity contribution in [3.63, 3.8) is 0 Å². The van der Waals surface area contributed by atoms with Gasteiger partial charge in [0.2, 0.25) is 0 Å². The third-order valence-corrected chi connectivity index (χ3v) is 3.45. The zero-order chi connectivity index (χ0) is 9.97. The van der Waals surface area contributed by atoms with Crippen LogP contribution in [0.4, 0.5) is 0 Å². The number of ether oxygens (including phenoxy) is 1.